The lowest BCUT2D eigenvalue weighted by molar-refractivity contribution is -0.115. The van der Waals surface area contributed by atoms with Crippen LogP contribution in [0.1, 0.15) is 5.69 Å². The van der Waals surface area contributed by atoms with Crippen LogP contribution < -0.4 is 5.32 Å². The van der Waals surface area contributed by atoms with E-state index < -0.39 is 0 Å². The lowest BCUT2D eigenvalue weighted by Gasteiger charge is -2.06. The molecular weight excluding hydrogens is 296 g/mol. The SMILES string of the molecule is O=C1NC(=O)/C(=C\c2cccn2-c2ccc(Cl)cc2)S1. The van der Waals surface area contributed by atoms with Crippen LogP contribution >= 0.6 is 23.4 Å². The van der Waals surface area contributed by atoms with Gasteiger partial charge in [0, 0.05) is 22.6 Å². The van der Waals surface area contributed by atoms with Crippen molar-refractivity contribution in [1.82, 2.24) is 9.88 Å². The molecule has 2 aromatic rings. The zero-order chi connectivity index (χ0) is 14.1. The molecule has 6 heteroatoms. The Bertz CT molecular complexity index is 719. The zero-order valence-corrected chi connectivity index (χ0v) is 11.7. The average Bonchev–Trinajstić information content (AvgIpc) is 2.98. The predicted molar refractivity (Wildman–Crippen MR) is 79.9 cm³/mol. The summed E-state index contributed by atoms with van der Waals surface area (Å²) in [5, 5.41) is 2.56. The van der Waals surface area contributed by atoms with E-state index in [1.807, 2.05) is 35.0 Å². The third kappa shape index (κ3) is 2.50. The van der Waals surface area contributed by atoms with Gasteiger partial charge in [-0.2, -0.15) is 0 Å². The van der Waals surface area contributed by atoms with Crippen LogP contribution in [0.4, 0.5) is 4.79 Å². The lowest BCUT2D eigenvalue weighted by atomic mass is 10.3. The van der Waals surface area contributed by atoms with E-state index in [-0.39, 0.29) is 11.1 Å². The average molecular weight is 305 g/mol. The third-order valence-corrected chi connectivity index (χ3v) is 3.87. The van der Waals surface area contributed by atoms with Crippen molar-refractivity contribution in [2.24, 2.45) is 0 Å². The second kappa shape index (κ2) is 5.19. The van der Waals surface area contributed by atoms with Gasteiger partial charge in [0.1, 0.15) is 0 Å². The molecule has 0 radical (unpaired) electrons. The van der Waals surface area contributed by atoms with Gasteiger partial charge in [0.2, 0.25) is 0 Å². The van der Waals surface area contributed by atoms with Crippen molar-refractivity contribution < 1.29 is 9.59 Å². The van der Waals surface area contributed by atoms with Gasteiger partial charge >= 0.3 is 0 Å². The Labute approximate surface area is 124 Å². The van der Waals surface area contributed by atoms with Gasteiger partial charge in [-0.3, -0.25) is 14.9 Å². The second-order valence-electron chi connectivity index (χ2n) is 4.13. The van der Waals surface area contributed by atoms with Crippen LogP contribution in [-0.2, 0) is 4.79 Å². The van der Waals surface area contributed by atoms with Crippen LogP contribution in [0.5, 0.6) is 0 Å². The Morgan fingerprint density at radius 2 is 1.90 bits per heavy atom. The Morgan fingerprint density at radius 3 is 2.55 bits per heavy atom. The van der Waals surface area contributed by atoms with Crippen molar-refractivity contribution in [3.63, 3.8) is 0 Å². The van der Waals surface area contributed by atoms with Gasteiger partial charge < -0.3 is 4.57 Å². The fraction of sp³-hybridized carbons (Fsp3) is 0. The van der Waals surface area contributed by atoms with Crippen LogP contribution in [0.2, 0.25) is 5.02 Å². The Hall–Kier alpha value is -1.98. The van der Waals surface area contributed by atoms with Crippen molar-refractivity contribution in [2.75, 3.05) is 0 Å². The van der Waals surface area contributed by atoms with E-state index in [9.17, 15) is 9.59 Å². The summed E-state index contributed by atoms with van der Waals surface area (Å²) in [4.78, 5) is 23.1. The van der Waals surface area contributed by atoms with Crippen LogP contribution in [-0.4, -0.2) is 15.7 Å². The Kier molecular flexibility index (Phi) is 3.38. The Balaban J connectivity index is 1.99. The van der Waals surface area contributed by atoms with Crippen LogP contribution in [0, 0.1) is 0 Å². The van der Waals surface area contributed by atoms with Gasteiger partial charge in [0.25, 0.3) is 11.1 Å². The number of hydrogen-bond acceptors (Lipinski definition) is 3. The van der Waals surface area contributed by atoms with E-state index in [1.165, 1.54) is 0 Å². The maximum absolute atomic E-state index is 11.6. The number of nitrogens with one attached hydrogen (secondary N) is 1. The maximum atomic E-state index is 11.6. The third-order valence-electron chi connectivity index (χ3n) is 2.81. The number of halogens is 1. The normalized spacial score (nSPS) is 16.8. The van der Waals surface area contributed by atoms with Crippen molar-refractivity contribution in [1.29, 1.82) is 0 Å². The van der Waals surface area contributed by atoms with Crippen molar-refractivity contribution in [3.8, 4) is 5.69 Å². The van der Waals surface area contributed by atoms with E-state index >= 15 is 0 Å². The predicted octanol–water partition coefficient (Wildman–Crippen LogP) is 3.45. The standard InChI is InChI=1S/C14H9ClN2O2S/c15-9-3-5-10(6-4-9)17-7-1-2-11(17)8-12-13(18)16-14(19)20-12/h1-8H,(H,16,18,19)/b12-8+. The van der Waals surface area contributed by atoms with Crippen LogP contribution in [0.3, 0.4) is 0 Å². The van der Waals surface area contributed by atoms with E-state index in [0.29, 0.717) is 9.93 Å². The number of hydrogen-bond donors (Lipinski definition) is 1. The van der Waals surface area contributed by atoms with Gasteiger partial charge in [-0.25, -0.2) is 0 Å². The molecule has 0 spiro atoms. The number of amides is 2. The number of imide groups is 1. The molecular formula is C14H9ClN2O2S. The highest BCUT2D eigenvalue weighted by atomic mass is 35.5. The molecule has 2 amide bonds. The summed E-state index contributed by atoms with van der Waals surface area (Å²) in [5.41, 5.74) is 1.75. The lowest BCUT2D eigenvalue weighted by Crippen LogP contribution is -2.17. The molecule has 1 saturated heterocycles. The summed E-state index contributed by atoms with van der Waals surface area (Å²) < 4.78 is 1.92. The van der Waals surface area contributed by atoms with Crippen molar-refractivity contribution in [2.45, 2.75) is 0 Å². The quantitative estimate of drug-likeness (QED) is 0.865. The van der Waals surface area contributed by atoms with E-state index in [1.54, 1.807) is 18.2 Å². The highest BCUT2D eigenvalue weighted by Crippen LogP contribution is 2.26. The summed E-state index contributed by atoms with van der Waals surface area (Å²) in [6, 6.07) is 11.1. The monoisotopic (exact) mass is 304 g/mol. The summed E-state index contributed by atoms with van der Waals surface area (Å²) in [6.07, 6.45) is 3.58. The van der Waals surface area contributed by atoms with Gasteiger partial charge in [-0.05, 0) is 54.2 Å². The number of benzene rings is 1. The van der Waals surface area contributed by atoms with E-state index in [4.69, 9.17) is 11.6 Å². The molecule has 20 heavy (non-hydrogen) atoms. The molecule has 1 aliphatic rings. The molecule has 2 heterocycles. The topological polar surface area (TPSA) is 51.1 Å². The molecule has 0 atom stereocenters. The highest BCUT2D eigenvalue weighted by molar-refractivity contribution is 8.18. The molecule has 3 rings (SSSR count). The molecule has 1 aromatic carbocycles. The molecule has 1 aromatic heterocycles. The van der Waals surface area contributed by atoms with E-state index in [2.05, 4.69) is 5.32 Å². The minimum atomic E-state index is -0.358. The largest absolute Gasteiger partial charge is 0.317 e. The number of carbonyl (C=O) groups excluding carboxylic acids is 2. The number of carbonyl (C=O) groups is 2. The highest BCUT2D eigenvalue weighted by Gasteiger charge is 2.25. The van der Waals surface area contributed by atoms with Crippen LogP contribution in [0.25, 0.3) is 11.8 Å². The minimum absolute atomic E-state index is 0.342. The van der Waals surface area contributed by atoms with E-state index in [0.717, 1.165) is 23.1 Å². The molecule has 100 valence electrons. The number of rotatable bonds is 2. The van der Waals surface area contributed by atoms with Gasteiger partial charge in [0.05, 0.1) is 4.91 Å². The van der Waals surface area contributed by atoms with Crippen LogP contribution in [0.15, 0.2) is 47.5 Å². The first-order valence-electron chi connectivity index (χ1n) is 5.81. The van der Waals surface area contributed by atoms with Gasteiger partial charge in [-0.1, -0.05) is 11.6 Å². The number of thioether (sulfide) groups is 1. The molecule has 1 aliphatic heterocycles. The smallest absolute Gasteiger partial charge is 0.290 e. The molecule has 0 aliphatic carbocycles. The molecule has 1 N–H and O–H groups in total. The number of aromatic nitrogens is 1. The van der Waals surface area contributed by atoms with Crippen molar-refractivity contribution in [3.05, 3.63) is 58.2 Å². The molecule has 0 bridgehead atoms. The second-order valence-corrected chi connectivity index (χ2v) is 5.58. The summed E-state index contributed by atoms with van der Waals surface area (Å²) in [5.74, 6) is -0.358. The Morgan fingerprint density at radius 1 is 1.15 bits per heavy atom. The molecule has 0 unspecified atom stereocenters. The minimum Gasteiger partial charge on any atom is -0.317 e. The molecule has 4 nitrogen and oxygen atoms in total. The first kappa shape index (κ1) is 13.0. The summed E-state index contributed by atoms with van der Waals surface area (Å²) in [6.45, 7) is 0. The number of nitrogens with zero attached hydrogens (tertiary/aromatic N) is 1. The van der Waals surface area contributed by atoms with Gasteiger partial charge in [-0.15, -0.1) is 0 Å². The fourth-order valence-corrected chi connectivity index (χ4v) is 2.70. The van der Waals surface area contributed by atoms with Gasteiger partial charge in [0.15, 0.2) is 0 Å². The zero-order valence-electron chi connectivity index (χ0n) is 10.2. The maximum Gasteiger partial charge on any atom is 0.290 e. The first-order chi connectivity index (χ1) is 9.63. The molecule has 0 saturated carbocycles. The van der Waals surface area contributed by atoms with Crippen molar-refractivity contribution >= 4 is 40.6 Å². The fourth-order valence-electron chi connectivity index (χ4n) is 1.90. The first-order valence-corrected chi connectivity index (χ1v) is 7.01. The summed E-state index contributed by atoms with van der Waals surface area (Å²) in [7, 11) is 0. The molecule has 1 fully saturated rings. The summed E-state index contributed by atoms with van der Waals surface area (Å²) >= 11 is 6.78.